The van der Waals surface area contributed by atoms with E-state index in [1.165, 1.54) is 19.2 Å². The normalized spacial score (nSPS) is 22.1. The van der Waals surface area contributed by atoms with Crippen LogP contribution in [0.4, 0.5) is 5.69 Å². The number of nitrogens with one attached hydrogen (secondary N) is 1. The number of sulfonamides is 1. The fraction of sp³-hybridized carbons (Fsp3) is 0.455. The van der Waals surface area contributed by atoms with Crippen molar-refractivity contribution in [3.63, 3.8) is 0 Å². The number of hydrogen-bond donors (Lipinski definition) is 2. The van der Waals surface area contributed by atoms with Crippen LogP contribution in [0.2, 0.25) is 0 Å². The fourth-order valence-corrected chi connectivity index (χ4v) is 3.23. The van der Waals surface area contributed by atoms with E-state index in [1.54, 1.807) is 0 Å². The fourth-order valence-electron chi connectivity index (χ4n) is 1.95. The summed E-state index contributed by atoms with van der Waals surface area (Å²) in [5, 5.41) is 20.0. The molecule has 20 heavy (non-hydrogen) atoms. The van der Waals surface area contributed by atoms with Crippen LogP contribution >= 0.6 is 0 Å². The zero-order chi connectivity index (χ0) is 14.9. The third-order valence-corrected chi connectivity index (χ3v) is 4.61. The third kappa shape index (κ3) is 2.89. The van der Waals surface area contributed by atoms with Crippen molar-refractivity contribution in [2.75, 3.05) is 7.11 Å². The Morgan fingerprint density at radius 1 is 1.45 bits per heavy atom. The van der Waals surface area contributed by atoms with E-state index >= 15 is 0 Å². The molecule has 0 unspecified atom stereocenters. The van der Waals surface area contributed by atoms with Gasteiger partial charge in [-0.05, 0) is 25.0 Å². The maximum absolute atomic E-state index is 12.1. The summed E-state index contributed by atoms with van der Waals surface area (Å²) in [5.41, 5.74) is -0.413. The number of hydrogen-bond acceptors (Lipinski definition) is 6. The molecule has 110 valence electrons. The Morgan fingerprint density at radius 3 is 2.60 bits per heavy atom. The second-order valence-corrected chi connectivity index (χ2v) is 6.25. The first-order chi connectivity index (χ1) is 9.33. The van der Waals surface area contributed by atoms with E-state index in [1.807, 2.05) is 0 Å². The van der Waals surface area contributed by atoms with E-state index in [4.69, 9.17) is 9.84 Å². The van der Waals surface area contributed by atoms with Crippen LogP contribution in [-0.2, 0) is 10.0 Å². The lowest BCUT2D eigenvalue weighted by Gasteiger charge is -2.31. The molecule has 0 spiro atoms. The number of methoxy groups -OCH3 is 1. The molecule has 1 aliphatic carbocycles. The Balaban J connectivity index is 2.27. The summed E-state index contributed by atoms with van der Waals surface area (Å²) in [5.74, 6) is -0.00647. The number of aliphatic hydroxyl groups excluding tert-OH is 1. The van der Waals surface area contributed by atoms with Gasteiger partial charge < -0.3 is 9.84 Å². The van der Waals surface area contributed by atoms with Crippen molar-refractivity contribution in [1.82, 2.24) is 4.72 Å². The summed E-state index contributed by atoms with van der Waals surface area (Å²) < 4.78 is 31.3. The van der Waals surface area contributed by atoms with Crippen LogP contribution < -0.4 is 9.46 Å². The largest absolute Gasteiger partial charge is 0.490 e. The Bertz CT molecular complexity index is 624. The summed E-state index contributed by atoms with van der Waals surface area (Å²) in [4.78, 5) is 9.96. The third-order valence-electron chi connectivity index (χ3n) is 3.09. The van der Waals surface area contributed by atoms with Crippen molar-refractivity contribution in [2.45, 2.75) is 29.9 Å². The number of nitrogens with zero attached hydrogens (tertiary/aromatic N) is 1. The van der Waals surface area contributed by atoms with Crippen LogP contribution in [0.5, 0.6) is 5.75 Å². The van der Waals surface area contributed by atoms with Crippen LogP contribution in [0, 0.1) is 10.1 Å². The van der Waals surface area contributed by atoms with Crippen LogP contribution in [0.3, 0.4) is 0 Å². The maximum Gasteiger partial charge on any atom is 0.312 e. The van der Waals surface area contributed by atoms with Crippen molar-refractivity contribution in [1.29, 1.82) is 0 Å². The van der Waals surface area contributed by atoms with Gasteiger partial charge in [0.15, 0.2) is 5.75 Å². The Kier molecular flexibility index (Phi) is 3.93. The van der Waals surface area contributed by atoms with Crippen molar-refractivity contribution in [3.8, 4) is 5.75 Å². The smallest absolute Gasteiger partial charge is 0.312 e. The predicted molar refractivity (Wildman–Crippen MR) is 69.0 cm³/mol. The second-order valence-electron chi connectivity index (χ2n) is 4.53. The maximum atomic E-state index is 12.1. The van der Waals surface area contributed by atoms with Gasteiger partial charge in [0.2, 0.25) is 10.0 Å². The second kappa shape index (κ2) is 5.35. The van der Waals surface area contributed by atoms with Gasteiger partial charge in [-0.2, -0.15) is 0 Å². The Morgan fingerprint density at radius 2 is 2.10 bits per heavy atom. The summed E-state index contributed by atoms with van der Waals surface area (Å²) >= 11 is 0. The molecule has 1 aliphatic rings. The van der Waals surface area contributed by atoms with Gasteiger partial charge in [0.1, 0.15) is 0 Å². The average Bonchev–Trinajstić information content (AvgIpc) is 2.35. The van der Waals surface area contributed by atoms with E-state index in [0.717, 1.165) is 6.07 Å². The highest BCUT2D eigenvalue weighted by Crippen LogP contribution is 2.30. The first-order valence-corrected chi connectivity index (χ1v) is 7.34. The van der Waals surface area contributed by atoms with Crippen molar-refractivity contribution >= 4 is 15.7 Å². The molecular formula is C11H14N2O6S. The van der Waals surface area contributed by atoms with Gasteiger partial charge in [0.05, 0.1) is 23.0 Å². The van der Waals surface area contributed by atoms with Gasteiger partial charge in [0.25, 0.3) is 0 Å². The first kappa shape index (κ1) is 14.7. The topological polar surface area (TPSA) is 119 Å². The lowest BCUT2D eigenvalue weighted by Crippen LogP contribution is -2.46. The van der Waals surface area contributed by atoms with Gasteiger partial charge in [-0.1, -0.05) is 0 Å². The summed E-state index contributed by atoms with van der Waals surface area (Å²) in [6, 6.07) is 3.10. The lowest BCUT2D eigenvalue weighted by molar-refractivity contribution is -0.386. The molecule has 0 amide bonds. The van der Waals surface area contributed by atoms with Crippen LogP contribution in [0.1, 0.15) is 12.8 Å². The zero-order valence-electron chi connectivity index (χ0n) is 10.6. The van der Waals surface area contributed by atoms with Crippen LogP contribution in [-0.4, -0.2) is 37.7 Å². The number of aliphatic hydroxyl groups is 1. The molecule has 9 heteroatoms. The molecule has 1 aromatic carbocycles. The molecular weight excluding hydrogens is 288 g/mol. The van der Waals surface area contributed by atoms with Crippen molar-refractivity contribution in [2.24, 2.45) is 0 Å². The first-order valence-electron chi connectivity index (χ1n) is 5.86. The van der Waals surface area contributed by atoms with E-state index in [-0.39, 0.29) is 16.7 Å². The van der Waals surface area contributed by atoms with E-state index in [0.29, 0.717) is 12.8 Å². The molecule has 0 saturated heterocycles. The molecule has 0 radical (unpaired) electrons. The molecule has 2 N–H and O–H groups in total. The van der Waals surface area contributed by atoms with E-state index in [9.17, 15) is 18.5 Å². The molecule has 0 aromatic heterocycles. The van der Waals surface area contributed by atoms with Gasteiger partial charge >= 0.3 is 5.69 Å². The number of nitro groups is 1. The molecule has 8 nitrogen and oxygen atoms in total. The molecule has 0 heterocycles. The van der Waals surface area contributed by atoms with Gasteiger partial charge in [-0.3, -0.25) is 10.1 Å². The summed E-state index contributed by atoms with van der Waals surface area (Å²) in [6.45, 7) is 0. The molecule has 2 rings (SSSR count). The quantitative estimate of drug-likeness (QED) is 0.600. The number of rotatable bonds is 5. The van der Waals surface area contributed by atoms with Crippen molar-refractivity contribution in [3.05, 3.63) is 28.3 Å². The highest BCUT2D eigenvalue weighted by molar-refractivity contribution is 7.89. The SMILES string of the molecule is COc1ccc(S(=O)(=O)NC2CC(O)C2)cc1[N+](=O)[O-]. The molecule has 0 aliphatic heterocycles. The van der Waals surface area contributed by atoms with E-state index in [2.05, 4.69) is 4.72 Å². The number of ether oxygens (including phenoxy) is 1. The Labute approximate surface area is 115 Å². The van der Waals surface area contributed by atoms with Crippen LogP contribution in [0.25, 0.3) is 0 Å². The average molecular weight is 302 g/mol. The summed E-state index contributed by atoms with van der Waals surface area (Å²) in [6.07, 6.45) is 0.197. The number of benzene rings is 1. The van der Waals surface area contributed by atoms with Crippen LogP contribution in [0.15, 0.2) is 23.1 Å². The highest BCUT2D eigenvalue weighted by atomic mass is 32.2. The highest BCUT2D eigenvalue weighted by Gasteiger charge is 2.32. The minimum absolute atomic E-state index is 0.00647. The molecule has 1 aromatic rings. The zero-order valence-corrected chi connectivity index (χ0v) is 11.5. The van der Waals surface area contributed by atoms with Gasteiger partial charge in [-0.15, -0.1) is 0 Å². The monoisotopic (exact) mass is 302 g/mol. The summed E-state index contributed by atoms with van der Waals surface area (Å²) in [7, 11) is -2.58. The standard InChI is InChI=1S/C11H14N2O6S/c1-19-11-3-2-9(6-10(11)13(15)16)20(17,18)12-7-4-8(14)5-7/h2-3,6-8,12,14H,4-5H2,1H3. The number of nitro benzene ring substituents is 1. The lowest BCUT2D eigenvalue weighted by atomic mass is 9.91. The molecule has 1 fully saturated rings. The Hall–Kier alpha value is -1.71. The van der Waals surface area contributed by atoms with Crippen molar-refractivity contribution < 1.29 is 23.2 Å². The molecule has 1 saturated carbocycles. The van der Waals surface area contributed by atoms with Gasteiger partial charge in [0, 0.05) is 12.1 Å². The minimum atomic E-state index is -3.85. The molecule has 0 atom stereocenters. The van der Waals surface area contributed by atoms with E-state index < -0.39 is 26.7 Å². The predicted octanol–water partition coefficient (Wildman–Crippen LogP) is 0.405. The minimum Gasteiger partial charge on any atom is -0.490 e. The molecule has 0 bridgehead atoms. The van der Waals surface area contributed by atoms with Gasteiger partial charge in [-0.25, -0.2) is 13.1 Å².